The van der Waals surface area contributed by atoms with Crippen molar-refractivity contribution in [3.63, 3.8) is 0 Å². The monoisotopic (exact) mass is 547 g/mol. The number of hydrogen-bond donors (Lipinski definition) is 1. The molecule has 1 saturated carbocycles. The second-order valence-electron chi connectivity index (χ2n) is 9.88. The van der Waals surface area contributed by atoms with Crippen LogP contribution in [0.1, 0.15) is 53.6 Å². The van der Waals surface area contributed by atoms with E-state index in [1.165, 1.54) is 28.0 Å². The number of halogens is 4. The maximum atomic E-state index is 15.0. The SMILES string of the molecule is CN(C)CCCONC(=O)c1ccc(N2C(=O)N(c3ccc(C#N)c(C(F)(F)F)c3)[C@@H]3CCCC[C@H]32)cc1F. The topological polar surface area (TPSA) is 88.9 Å². The van der Waals surface area contributed by atoms with Crippen LogP contribution >= 0.6 is 0 Å². The molecule has 1 N–H and O–H groups in total. The van der Waals surface area contributed by atoms with Crippen molar-refractivity contribution in [2.45, 2.75) is 50.4 Å². The third-order valence-electron chi connectivity index (χ3n) is 6.97. The highest BCUT2D eigenvalue weighted by Gasteiger charge is 2.48. The second kappa shape index (κ2) is 11.6. The molecule has 0 radical (unpaired) electrons. The number of hydroxylamine groups is 1. The second-order valence-corrected chi connectivity index (χ2v) is 9.88. The smallest absolute Gasteiger partial charge is 0.309 e. The fourth-order valence-electron chi connectivity index (χ4n) is 5.17. The highest BCUT2D eigenvalue weighted by atomic mass is 19.4. The number of carbonyl (C=O) groups excluding carboxylic acids is 2. The van der Waals surface area contributed by atoms with E-state index in [4.69, 9.17) is 10.1 Å². The summed E-state index contributed by atoms with van der Waals surface area (Å²) in [5.41, 5.74) is 0.511. The Kier molecular flexibility index (Phi) is 8.42. The molecule has 2 aromatic rings. The molecule has 0 bridgehead atoms. The van der Waals surface area contributed by atoms with Crippen molar-refractivity contribution in [1.82, 2.24) is 10.4 Å². The molecule has 4 rings (SSSR count). The summed E-state index contributed by atoms with van der Waals surface area (Å²) in [6, 6.07) is 7.10. The van der Waals surface area contributed by atoms with E-state index in [1.807, 2.05) is 19.0 Å². The molecule has 8 nitrogen and oxygen atoms in total. The quantitative estimate of drug-likeness (QED) is 0.283. The van der Waals surface area contributed by atoms with Gasteiger partial charge >= 0.3 is 12.2 Å². The largest absolute Gasteiger partial charge is 0.417 e. The third kappa shape index (κ3) is 5.99. The van der Waals surface area contributed by atoms with E-state index in [0.717, 1.165) is 37.6 Å². The van der Waals surface area contributed by atoms with Gasteiger partial charge < -0.3 is 4.90 Å². The van der Waals surface area contributed by atoms with Gasteiger partial charge in [0.25, 0.3) is 5.91 Å². The van der Waals surface area contributed by atoms with E-state index < -0.39 is 47.1 Å². The van der Waals surface area contributed by atoms with Crippen LogP contribution in [0.2, 0.25) is 0 Å². The molecule has 0 spiro atoms. The summed E-state index contributed by atoms with van der Waals surface area (Å²) in [7, 11) is 3.80. The zero-order valence-corrected chi connectivity index (χ0v) is 21.6. The average Bonchev–Trinajstić information content (AvgIpc) is 3.18. The number of carbonyl (C=O) groups is 2. The van der Waals surface area contributed by atoms with Crippen molar-refractivity contribution >= 4 is 23.3 Å². The Bertz CT molecular complexity index is 1280. The predicted molar refractivity (Wildman–Crippen MR) is 136 cm³/mol. The summed E-state index contributed by atoms with van der Waals surface area (Å²) in [5, 5.41) is 9.13. The first-order valence-corrected chi connectivity index (χ1v) is 12.6. The van der Waals surface area contributed by atoms with Crippen LogP contribution in [-0.2, 0) is 11.0 Å². The first-order chi connectivity index (χ1) is 18.5. The number of hydrogen-bond acceptors (Lipinski definition) is 5. The van der Waals surface area contributed by atoms with Crippen molar-refractivity contribution < 1.29 is 32.0 Å². The fourth-order valence-corrected chi connectivity index (χ4v) is 5.17. The Morgan fingerprint density at radius 2 is 1.72 bits per heavy atom. The summed E-state index contributed by atoms with van der Waals surface area (Å²) >= 11 is 0. The highest BCUT2D eigenvalue weighted by Crippen LogP contribution is 2.42. The van der Waals surface area contributed by atoms with Gasteiger partial charge in [-0.1, -0.05) is 12.8 Å². The van der Waals surface area contributed by atoms with Crippen LogP contribution in [0.4, 0.5) is 33.7 Å². The molecule has 2 aliphatic rings. The Balaban J connectivity index is 1.58. The average molecular weight is 548 g/mol. The first-order valence-electron chi connectivity index (χ1n) is 12.6. The first kappa shape index (κ1) is 28.3. The zero-order chi connectivity index (χ0) is 28.3. The molecule has 2 fully saturated rings. The lowest BCUT2D eigenvalue weighted by molar-refractivity contribution is -0.137. The molecule has 1 aliphatic heterocycles. The molecule has 1 saturated heterocycles. The lowest BCUT2D eigenvalue weighted by atomic mass is 9.89. The van der Waals surface area contributed by atoms with Gasteiger partial charge in [-0.3, -0.25) is 19.4 Å². The van der Waals surface area contributed by atoms with Crippen molar-refractivity contribution in [2.75, 3.05) is 37.0 Å². The number of nitrogens with one attached hydrogen (secondary N) is 1. The lowest BCUT2D eigenvalue weighted by Gasteiger charge is -2.32. The molecular weight excluding hydrogens is 518 g/mol. The van der Waals surface area contributed by atoms with Gasteiger partial charge in [-0.15, -0.1) is 0 Å². The van der Waals surface area contributed by atoms with Gasteiger partial charge in [0.15, 0.2) is 0 Å². The third-order valence-corrected chi connectivity index (χ3v) is 6.97. The Labute approximate surface area is 223 Å². The van der Waals surface area contributed by atoms with Gasteiger partial charge in [0.2, 0.25) is 0 Å². The lowest BCUT2D eigenvalue weighted by Crippen LogP contribution is -2.40. The molecule has 2 aromatic carbocycles. The van der Waals surface area contributed by atoms with Crippen LogP contribution in [-0.4, -0.2) is 56.2 Å². The molecule has 2 atom stereocenters. The minimum Gasteiger partial charge on any atom is -0.309 e. The Hall–Kier alpha value is -3.69. The summed E-state index contributed by atoms with van der Waals surface area (Å²) < 4.78 is 55.9. The van der Waals surface area contributed by atoms with Crippen LogP contribution in [0.3, 0.4) is 0 Å². The number of nitriles is 1. The van der Waals surface area contributed by atoms with Crippen molar-refractivity contribution in [2.24, 2.45) is 0 Å². The van der Waals surface area contributed by atoms with E-state index in [2.05, 4.69) is 5.48 Å². The highest BCUT2D eigenvalue weighted by molar-refractivity contribution is 6.08. The van der Waals surface area contributed by atoms with Crippen molar-refractivity contribution in [1.29, 1.82) is 5.26 Å². The van der Waals surface area contributed by atoms with Crippen LogP contribution in [0, 0.1) is 17.1 Å². The van der Waals surface area contributed by atoms with Crippen LogP contribution in [0.15, 0.2) is 36.4 Å². The summed E-state index contributed by atoms with van der Waals surface area (Å²) in [4.78, 5) is 35.8. The van der Waals surface area contributed by atoms with Crippen molar-refractivity contribution in [3.05, 3.63) is 58.9 Å². The van der Waals surface area contributed by atoms with E-state index in [0.29, 0.717) is 19.3 Å². The number of amides is 3. The maximum absolute atomic E-state index is 15.0. The van der Waals surface area contributed by atoms with E-state index in [9.17, 15) is 22.8 Å². The normalized spacial score (nSPS) is 19.3. The van der Waals surface area contributed by atoms with Gasteiger partial charge in [0, 0.05) is 11.4 Å². The fraction of sp³-hybridized carbons (Fsp3) is 0.444. The summed E-state index contributed by atoms with van der Waals surface area (Å²) in [5.74, 6) is -1.63. The van der Waals surface area contributed by atoms with Gasteiger partial charge in [0.05, 0.1) is 41.5 Å². The molecule has 39 heavy (non-hydrogen) atoms. The summed E-state index contributed by atoms with van der Waals surface area (Å²) in [6.45, 7) is 0.998. The molecule has 1 heterocycles. The van der Waals surface area contributed by atoms with Gasteiger partial charge in [-0.25, -0.2) is 14.7 Å². The number of nitrogens with zero attached hydrogens (tertiary/aromatic N) is 4. The van der Waals surface area contributed by atoms with Crippen LogP contribution < -0.4 is 15.3 Å². The van der Waals surface area contributed by atoms with E-state index in [1.54, 1.807) is 6.07 Å². The van der Waals surface area contributed by atoms with E-state index in [-0.39, 0.29) is 23.5 Å². The van der Waals surface area contributed by atoms with Gasteiger partial charge in [-0.05, 0) is 76.3 Å². The van der Waals surface area contributed by atoms with Crippen LogP contribution in [0.5, 0.6) is 0 Å². The number of alkyl halides is 3. The standard InChI is InChI=1S/C27H29F4N5O3/c1-34(2)12-5-13-39-33-25(37)20-11-10-19(15-22(20)28)36-24-7-4-3-6-23(24)35(26(36)38)18-9-8-17(16-32)21(14-18)27(29,30)31/h8-11,14-15,23-24H,3-7,12-13H2,1-2H3,(H,33,37)/t23-,24-/m1/s1. The number of rotatable bonds is 8. The minimum atomic E-state index is -4.77. The maximum Gasteiger partial charge on any atom is 0.417 e. The number of urea groups is 1. The minimum absolute atomic E-state index is 0.0219. The zero-order valence-electron chi connectivity index (χ0n) is 21.6. The number of anilines is 2. The molecule has 12 heteroatoms. The van der Waals surface area contributed by atoms with Crippen LogP contribution in [0.25, 0.3) is 0 Å². The molecular formula is C27H29F4N5O3. The Morgan fingerprint density at radius 3 is 2.28 bits per heavy atom. The predicted octanol–water partition coefficient (Wildman–Crippen LogP) is 5.09. The van der Waals surface area contributed by atoms with Gasteiger partial charge in [-0.2, -0.15) is 18.4 Å². The molecule has 3 amide bonds. The van der Waals surface area contributed by atoms with Crippen molar-refractivity contribution in [3.8, 4) is 6.07 Å². The van der Waals surface area contributed by atoms with E-state index >= 15 is 4.39 Å². The Morgan fingerprint density at radius 1 is 1.10 bits per heavy atom. The summed E-state index contributed by atoms with van der Waals surface area (Å²) in [6.07, 6.45) is -1.39. The molecule has 0 aromatic heterocycles. The molecule has 1 aliphatic carbocycles. The number of benzene rings is 2. The molecule has 0 unspecified atom stereocenters. The van der Waals surface area contributed by atoms with Gasteiger partial charge in [0.1, 0.15) is 5.82 Å². The molecule has 208 valence electrons. The number of fused-ring (bicyclic) bond motifs is 1.